The van der Waals surface area contributed by atoms with Crippen LogP contribution in [0, 0.1) is 6.92 Å². The maximum absolute atomic E-state index is 12.8. The summed E-state index contributed by atoms with van der Waals surface area (Å²) >= 11 is 0. The molecule has 0 radical (unpaired) electrons. The van der Waals surface area contributed by atoms with Crippen LogP contribution in [0.15, 0.2) is 53.4 Å². The number of morpholine rings is 1. The molecule has 2 atom stereocenters. The number of hydrogen-bond acceptors (Lipinski definition) is 6. The van der Waals surface area contributed by atoms with Crippen molar-refractivity contribution in [2.75, 3.05) is 31.0 Å². The average Bonchev–Trinajstić information content (AvgIpc) is 2.76. The Balaban J connectivity index is 1.61. The fourth-order valence-corrected chi connectivity index (χ4v) is 4.69. The molecule has 0 bridgehead atoms. The number of anilines is 1. The molecule has 172 valence electrons. The molecule has 8 nitrogen and oxygen atoms in total. The van der Waals surface area contributed by atoms with E-state index in [0.29, 0.717) is 18.8 Å². The van der Waals surface area contributed by atoms with Crippen LogP contribution in [0.25, 0.3) is 0 Å². The Kier molecular flexibility index (Phi) is 7.20. The molecule has 1 aliphatic heterocycles. The van der Waals surface area contributed by atoms with Crippen molar-refractivity contribution in [3.8, 4) is 0 Å². The summed E-state index contributed by atoms with van der Waals surface area (Å²) in [7, 11) is -2.28. The van der Waals surface area contributed by atoms with E-state index in [1.165, 1.54) is 31.3 Å². The second-order valence-electron chi connectivity index (χ2n) is 7.96. The van der Waals surface area contributed by atoms with Gasteiger partial charge in [0.25, 0.3) is 15.9 Å². The Hall–Kier alpha value is -2.91. The minimum atomic E-state index is -3.73. The van der Waals surface area contributed by atoms with Gasteiger partial charge >= 0.3 is 5.97 Å². The van der Waals surface area contributed by atoms with E-state index in [2.05, 4.69) is 0 Å². The predicted molar refractivity (Wildman–Crippen MR) is 120 cm³/mol. The highest BCUT2D eigenvalue weighted by Gasteiger charge is 2.27. The maximum atomic E-state index is 12.8. The van der Waals surface area contributed by atoms with Crippen molar-refractivity contribution in [2.45, 2.75) is 37.9 Å². The van der Waals surface area contributed by atoms with Crippen LogP contribution in [-0.4, -0.2) is 64.1 Å². The molecule has 1 saturated heterocycles. The molecule has 0 N–H and O–H groups in total. The van der Waals surface area contributed by atoms with Crippen LogP contribution in [0.4, 0.5) is 5.69 Å². The van der Waals surface area contributed by atoms with Gasteiger partial charge < -0.3 is 14.4 Å². The van der Waals surface area contributed by atoms with Crippen LogP contribution in [0.1, 0.15) is 29.8 Å². The van der Waals surface area contributed by atoms with E-state index in [0.717, 1.165) is 9.87 Å². The lowest BCUT2D eigenvalue weighted by atomic mass is 10.2. The van der Waals surface area contributed by atoms with E-state index in [-0.39, 0.29) is 35.2 Å². The molecule has 2 aromatic carbocycles. The van der Waals surface area contributed by atoms with Crippen molar-refractivity contribution in [2.24, 2.45) is 0 Å². The Labute approximate surface area is 188 Å². The summed E-state index contributed by atoms with van der Waals surface area (Å²) in [6, 6.07) is 12.6. The highest BCUT2D eigenvalue weighted by Crippen LogP contribution is 2.23. The highest BCUT2D eigenvalue weighted by atomic mass is 32.2. The van der Waals surface area contributed by atoms with E-state index in [4.69, 9.17) is 9.47 Å². The van der Waals surface area contributed by atoms with Crippen molar-refractivity contribution in [3.05, 3.63) is 59.7 Å². The summed E-state index contributed by atoms with van der Waals surface area (Å²) in [4.78, 5) is 26.5. The number of sulfonamides is 1. The number of carbonyl (C=O) groups is 2. The van der Waals surface area contributed by atoms with Gasteiger partial charge in [-0.25, -0.2) is 13.2 Å². The van der Waals surface area contributed by atoms with E-state index in [1.807, 2.05) is 20.8 Å². The van der Waals surface area contributed by atoms with Gasteiger partial charge in [0, 0.05) is 20.1 Å². The summed E-state index contributed by atoms with van der Waals surface area (Å²) in [5, 5.41) is 0. The van der Waals surface area contributed by atoms with Gasteiger partial charge in [-0.2, -0.15) is 0 Å². The lowest BCUT2D eigenvalue weighted by Crippen LogP contribution is -2.49. The van der Waals surface area contributed by atoms with Crippen molar-refractivity contribution in [1.29, 1.82) is 0 Å². The number of nitrogens with zero attached hydrogens (tertiary/aromatic N) is 2. The van der Waals surface area contributed by atoms with E-state index >= 15 is 0 Å². The Morgan fingerprint density at radius 2 is 1.59 bits per heavy atom. The van der Waals surface area contributed by atoms with Crippen LogP contribution >= 0.6 is 0 Å². The molecule has 0 spiro atoms. The van der Waals surface area contributed by atoms with Crippen LogP contribution in [0.3, 0.4) is 0 Å². The van der Waals surface area contributed by atoms with E-state index < -0.39 is 16.0 Å². The molecule has 32 heavy (non-hydrogen) atoms. The zero-order valence-electron chi connectivity index (χ0n) is 18.6. The fraction of sp³-hybridized carbons (Fsp3) is 0.391. The van der Waals surface area contributed by atoms with Gasteiger partial charge in [0.2, 0.25) is 0 Å². The molecule has 0 aliphatic carbocycles. The zero-order valence-corrected chi connectivity index (χ0v) is 19.5. The van der Waals surface area contributed by atoms with Crippen LogP contribution in [0.5, 0.6) is 0 Å². The third kappa shape index (κ3) is 5.46. The molecule has 9 heteroatoms. The quantitative estimate of drug-likeness (QED) is 0.616. The SMILES string of the molecule is Cc1ccc(S(=O)(=O)N(C)c2ccc(C(=O)OCC(=O)N3CC(C)OC(C)C3)cc2)cc1. The number of rotatable bonds is 6. The Bertz CT molecular complexity index is 1060. The zero-order chi connectivity index (χ0) is 23.5. The number of esters is 1. The average molecular weight is 461 g/mol. The molecule has 0 aromatic heterocycles. The third-order valence-corrected chi connectivity index (χ3v) is 7.04. The van der Waals surface area contributed by atoms with Gasteiger partial charge in [-0.1, -0.05) is 17.7 Å². The van der Waals surface area contributed by atoms with Crippen molar-refractivity contribution < 1.29 is 27.5 Å². The smallest absolute Gasteiger partial charge is 0.338 e. The minimum absolute atomic E-state index is 0.0703. The number of ether oxygens (including phenoxy) is 2. The fourth-order valence-electron chi connectivity index (χ4n) is 3.50. The molecule has 2 aromatic rings. The highest BCUT2D eigenvalue weighted by molar-refractivity contribution is 7.92. The normalized spacial score (nSPS) is 18.8. The minimum Gasteiger partial charge on any atom is -0.452 e. The van der Waals surface area contributed by atoms with Gasteiger partial charge in [-0.15, -0.1) is 0 Å². The standard InChI is InChI=1S/C23H28N2O6S/c1-16-5-11-21(12-6-16)32(28,29)24(4)20-9-7-19(8-10-20)23(27)30-15-22(26)25-13-17(2)31-18(3)14-25/h5-12,17-18H,13-15H2,1-4H3. The second kappa shape index (κ2) is 9.70. The predicted octanol–water partition coefficient (Wildman–Crippen LogP) is 2.61. The van der Waals surface area contributed by atoms with Gasteiger partial charge in [-0.3, -0.25) is 9.10 Å². The largest absolute Gasteiger partial charge is 0.452 e. The van der Waals surface area contributed by atoms with Gasteiger partial charge in [0.15, 0.2) is 6.61 Å². The number of hydrogen-bond donors (Lipinski definition) is 0. The molecule has 1 fully saturated rings. The molecular formula is C23H28N2O6S. The maximum Gasteiger partial charge on any atom is 0.338 e. The molecule has 0 saturated carbocycles. The van der Waals surface area contributed by atoms with Gasteiger partial charge in [-0.05, 0) is 57.2 Å². The molecule has 3 rings (SSSR count). The summed E-state index contributed by atoms with van der Waals surface area (Å²) < 4.78 is 37.5. The Morgan fingerprint density at radius 1 is 1.03 bits per heavy atom. The molecular weight excluding hydrogens is 432 g/mol. The van der Waals surface area contributed by atoms with E-state index in [1.54, 1.807) is 29.2 Å². The number of aryl methyl sites for hydroxylation is 1. The van der Waals surface area contributed by atoms with Gasteiger partial charge in [0.1, 0.15) is 0 Å². The molecule has 2 unspecified atom stereocenters. The molecule has 1 aliphatic rings. The first kappa shape index (κ1) is 23.7. The lowest BCUT2D eigenvalue weighted by Gasteiger charge is -2.35. The van der Waals surface area contributed by atoms with Crippen LogP contribution in [0.2, 0.25) is 0 Å². The third-order valence-electron chi connectivity index (χ3n) is 5.25. The summed E-state index contributed by atoms with van der Waals surface area (Å²) in [6.07, 6.45) is -0.141. The van der Waals surface area contributed by atoms with Crippen molar-refractivity contribution in [1.82, 2.24) is 4.90 Å². The van der Waals surface area contributed by atoms with E-state index in [9.17, 15) is 18.0 Å². The Morgan fingerprint density at radius 3 is 2.16 bits per heavy atom. The summed E-state index contributed by atoms with van der Waals surface area (Å²) in [5.41, 5.74) is 1.59. The summed E-state index contributed by atoms with van der Waals surface area (Å²) in [6.45, 7) is 6.21. The second-order valence-corrected chi connectivity index (χ2v) is 9.93. The van der Waals surface area contributed by atoms with Crippen LogP contribution < -0.4 is 4.31 Å². The number of carbonyl (C=O) groups excluding carboxylic acids is 2. The number of amides is 1. The lowest BCUT2D eigenvalue weighted by molar-refractivity contribution is -0.146. The first-order valence-corrected chi connectivity index (χ1v) is 11.8. The topological polar surface area (TPSA) is 93.2 Å². The van der Waals surface area contributed by atoms with Crippen molar-refractivity contribution >= 4 is 27.6 Å². The summed E-state index contributed by atoms with van der Waals surface area (Å²) in [5.74, 6) is -0.927. The molecule has 1 heterocycles. The molecule has 1 amide bonds. The van der Waals surface area contributed by atoms with Gasteiger partial charge in [0.05, 0.1) is 28.4 Å². The van der Waals surface area contributed by atoms with Crippen molar-refractivity contribution in [3.63, 3.8) is 0 Å². The number of benzene rings is 2. The first-order valence-electron chi connectivity index (χ1n) is 10.3. The first-order chi connectivity index (χ1) is 15.1. The van der Waals surface area contributed by atoms with Crippen LogP contribution in [-0.2, 0) is 24.3 Å². The monoisotopic (exact) mass is 460 g/mol.